The fourth-order valence-electron chi connectivity index (χ4n) is 2.61. The average Bonchev–Trinajstić information content (AvgIpc) is 2.58. The first-order valence-electron chi connectivity index (χ1n) is 8.23. The molecule has 2 aromatic rings. The van der Waals surface area contributed by atoms with Crippen molar-refractivity contribution >= 4 is 17.5 Å². The number of amides is 2. The highest BCUT2D eigenvalue weighted by atomic mass is 16.5. The standard InChI is InChI=1S/C20H24N2O3/c1-15-7-6-9-18(13-15)21-20(24)14-22(16(2)23)12-11-17-8-4-5-10-19(17)25-3/h4-10,13H,11-12,14H2,1-3H3,(H,21,24). The maximum absolute atomic E-state index is 12.2. The number of aryl methyl sites for hydroxylation is 1. The third-order valence-corrected chi connectivity index (χ3v) is 3.93. The Kier molecular flexibility index (Phi) is 6.57. The number of benzene rings is 2. The molecule has 0 aliphatic heterocycles. The van der Waals surface area contributed by atoms with Crippen molar-refractivity contribution in [2.24, 2.45) is 0 Å². The summed E-state index contributed by atoms with van der Waals surface area (Å²) in [5.74, 6) is 0.449. The minimum atomic E-state index is -0.208. The Morgan fingerprint density at radius 3 is 2.56 bits per heavy atom. The number of anilines is 1. The minimum absolute atomic E-state index is 0.0262. The SMILES string of the molecule is COc1ccccc1CCN(CC(=O)Nc1cccc(C)c1)C(C)=O. The number of para-hydroxylation sites is 1. The molecule has 0 radical (unpaired) electrons. The van der Waals surface area contributed by atoms with Crippen LogP contribution in [-0.2, 0) is 16.0 Å². The Morgan fingerprint density at radius 1 is 1.12 bits per heavy atom. The molecule has 2 aromatic carbocycles. The Balaban J connectivity index is 1.96. The molecule has 25 heavy (non-hydrogen) atoms. The van der Waals surface area contributed by atoms with Crippen molar-refractivity contribution in [2.45, 2.75) is 20.3 Å². The fourth-order valence-corrected chi connectivity index (χ4v) is 2.61. The molecule has 2 rings (SSSR count). The third kappa shape index (κ3) is 5.64. The van der Waals surface area contributed by atoms with E-state index in [9.17, 15) is 9.59 Å². The fraction of sp³-hybridized carbons (Fsp3) is 0.300. The molecule has 2 amide bonds. The molecular formula is C20H24N2O3. The van der Waals surface area contributed by atoms with E-state index in [0.717, 1.165) is 22.6 Å². The lowest BCUT2D eigenvalue weighted by Crippen LogP contribution is -2.38. The van der Waals surface area contributed by atoms with Crippen LogP contribution in [0.5, 0.6) is 5.75 Å². The van der Waals surface area contributed by atoms with Crippen molar-refractivity contribution in [1.82, 2.24) is 4.90 Å². The summed E-state index contributed by atoms with van der Waals surface area (Å²) >= 11 is 0. The second kappa shape index (κ2) is 8.87. The number of hydrogen-bond donors (Lipinski definition) is 1. The number of hydrogen-bond acceptors (Lipinski definition) is 3. The van der Waals surface area contributed by atoms with E-state index in [1.807, 2.05) is 55.5 Å². The molecule has 0 bridgehead atoms. The molecule has 0 saturated heterocycles. The topological polar surface area (TPSA) is 58.6 Å². The lowest BCUT2D eigenvalue weighted by molar-refractivity contribution is -0.132. The largest absolute Gasteiger partial charge is 0.496 e. The minimum Gasteiger partial charge on any atom is -0.496 e. The van der Waals surface area contributed by atoms with Crippen LogP contribution in [0.25, 0.3) is 0 Å². The van der Waals surface area contributed by atoms with Gasteiger partial charge >= 0.3 is 0 Å². The van der Waals surface area contributed by atoms with E-state index < -0.39 is 0 Å². The summed E-state index contributed by atoms with van der Waals surface area (Å²) in [6.45, 7) is 3.92. The third-order valence-electron chi connectivity index (χ3n) is 3.93. The van der Waals surface area contributed by atoms with Gasteiger partial charge in [-0.3, -0.25) is 9.59 Å². The van der Waals surface area contributed by atoms with Crippen LogP contribution >= 0.6 is 0 Å². The number of methoxy groups -OCH3 is 1. The molecule has 0 aromatic heterocycles. The molecule has 0 spiro atoms. The van der Waals surface area contributed by atoms with E-state index in [4.69, 9.17) is 4.74 Å². The first-order valence-corrected chi connectivity index (χ1v) is 8.23. The molecule has 0 aliphatic carbocycles. The predicted molar refractivity (Wildman–Crippen MR) is 98.8 cm³/mol. The number of carbonyl (C=O) groups is 2. The first-order chi connectivity index (χ1) is 12.0. The molecule has 0 unspecified atom stereocenters. The molecule has 5 nitrogen and oxygen atoms in total. The van der Waals surface area contributed by atoms with Gasteiger partial charge in [0.2, 0.25) is 11.8 Å². The average molecular weight is 340 g/mol. The van der Waals surface area contributed by atoms with Crippen molar-refractivity contribution in [3.05, 3.63) is 59.7 Å². The van der Waals surface area contributed by atoms with Crippen LogP contribution in [0.3, 0.4) is 0 Å². The van der Waals surface area contributed by atoms with Gasteiger partial charge in [-0.1, -0.05) is 30.3 Å². The normalized spacial score (nSPS) is 10.2. The zero-order valence-corrected chi connectivity index (χ0v) is 14.9. The Labute approximate surface area is 148 Å². The number of ether oxygens (including phenoxy) is 1. The number of rotatable bonds is 7. The van der Waals surface area contributed by atoms with Crippen LogP contribution in [0.1, 0.15) is 18.1 Å². The smallest absolute Gasteiger partial charge is 0.243 e. The quantitative estimate of drug-likeness (QED) is 0.843. The monoisotopic (exact) mass is 340 g/mol. The second-order valence-corrected chi connectivity index (χ2v) is 5.92. The maximum atomic E-state index is 12.2. The molecule has 0 saturated carbocycles. The van der Waals surface area contributed by atoms with Gasteiger partial charge in [0.15, 0.2) is 0 Å². The van der Waals surface area contributed by atoms with Crippen molar-refractivity contribution in [3.8, 4) is 5.75 Å². The predicted octanol–water partition coefficient (Wildman–Crippen LogP) is 3.03. The van der Waals surface area contributed by atoms with Gasteiger partial charge in [-0.2, -0.15) is 0 Å². The zero-order chi connectivity index (χ0) is 18.2. The molecule has 1 N–H and O–H groups in total. The summed E-state index contributed by atoms with van der Waals surface area (Å²) in [5, 5.41) is 2.83. The zero-order valence-electron chi connectivity index (χ0n) is 14.9. The van der Waals surface area contributed by atoms with Gasteiger partial charge in [-0.05, 0) is 42.7 Å². The van der Waals surface area contributed by atoms with Crippen molar-refractivity contribution in [2.75, 3.05) is 25.5 Å². The molecule has 0 heterocycles. The van der Waals surface area contributed by atoms with Crippen LogP contribution in [0.4, 0.5) is 5.69 Å². The van der Waals surface area contributed by atoms with Gasteiger partial charge in [0.1, 0.15) is 5.75 Å². The van der Waals surface area contributed by atoms with E-state index in [-0.39, 0.29) is 18.4 Å². The summed E-state index contributed by atoms with van der Waals surface area (Å²) in [7, 11) is 1.62. The van der Waals surface area contributed by atoms with E-state index in [2.05, 4.69) is 5.32 Å². The number of nitrogens with zero attached hydrogens (tertiary/aromatic N) is 1. The summed E-state index contributed by atoms with van der Waals surface area (Å²) in [4.78, 5) is 25.7. The Bertz CT molecular complexity index is 743. The molecular weight excluding hydrogens is 316 g/mol. The summed E-state index contributed by atoms with van der Waals surface area (Å²) in [6.07, 6.45) is 0.626. The van der Waals surface area contributed by atoms with Crippen LogP contribution < -0.4 is 10.1 Å². The Hall–Kier alpha value is -2.82. The second-order valence-electron chi connectivity index (χ2n) is 5.92. The van der Waals surface area contributed by atoms with Crippen LogP contribution in [0, 0.1) is 6.92 Å². The van der Waals surface area contributed by atoms with Crippen LogP contribution in [0.2, 0.25) is 0 Å². The molecule has 0 fully saturated rings. The van der Waals surface area contributed by atoms with E-state index in [0.29, 0.717) is 13.0 Å². The van der Waals surface area contributed by atoms with Crippen molar-refractivity contribution in [1.29, 1.82) is 0 Å². The highest BCUT2D eigenvalue weighted by Gasteiger charge is 2.14. The highest BCUT2D eigenvalue weighted by Crippen LogP contribution is 2.18. The summed E-state index contributed by atoms with van der Waals surface area (Å²) in [5.41, 5.74) is 2.81. The van der Waals surface area contributed by atoms with Crippen molar-refractivity contribution in [3.63, 3.8) is 0 Å². The molecule has 0 atom stereocenters. The van der Waals surface area contributed by atoms with Crippen LogP contribution in [-0.4, -0.2) is 36.9 Å². The van der Waals surface area contributed by atoms with Gasteiger partial charge in [0.05, 0.1) is 13.7 Å². The van der Waals surface area contributed by atoms with Gasteiger partial charge in [0.25, 0.3) is 0 Å². The summed E-state index contributed by atoms with van der Waals surface area (Å²) in [6, 6.07) is 15.3. The highest BCUT2D eigenvalue weighted by molar-refractivity contribution is 5.94. The van der Waals surface area contributed by atoms with Crippen molar-refractivity contribution < 1.29 is 14.3 Å². The molecule has 5 heteroatoms. The number of carbonyl (C=O) groups excluding carboxylic acids is 2. The lowest BCUT2D eigenvalue weighted by atomic mass is 10.1. The van der Waals surface area contributed by atoms with Crippen LogP contribution in [0.15, 0.2) is 48.5 Å². The maximum Gasteiger partial charge on any atom is 0.243 e. The van der Waals surface area contributed by atoms with E-state index in [1.165, 1.54) is 11.8 Å². The first kappa shape index (κ1) is 18.5. The van der Waals surface area contributed by atoms with Gasteiger partial charge in [-0.15, -0.1) is 0 Å². The van der Waals surface area contributed by atoms with Gasteiger partial charge < -0.3 is 15.0 Å². The Morgan fingerprint density at radius 2 is 1.88 bits per heavy atom. The molecule has 0 aliphatic rings. The van der Waals surface area contributed by atoms with Gasteiger partial charge in [0, 0.05) is 19.2 Å². The number of nitrogens with one attached hydrogen (secondary N) is 1. The lowest BCUT2D eigenvalue weighted by Gasteiger charge is -2.21. The summed E-state index contributed by atoms with van der Waals surface area (Å²) < 4.78 is 5.33. The van der Waals surface area contributed by atoms with E-state index >= 15 is 0 Å². The van der Waals surface area contributed by atoms with Gasteiger partial charge in [-0.25, -0.2) is 0 Å². The molecule has 132 valence electrons. The van der Waals surface area contributed by atoms with E-state index in [1.54, 1.807) is 7.11 Å².